The first-order valence-electron chi connectivity index (χ1n) is 10.8. The van der Waals surface area contributed by atoms with E-state index in [0.717, 1.165) is 6.42 Å². The highest BCUT2D eigenvalue weighted by Gasteiger charge is 2.42. The van der Waals surface area contributed by atoms with Crippen molar-refractivity contribution in [3.05, 3.63) is 60.7 Å². The van der Waals surface area contributed by atoms with Crippen molar-refractivity contribution in [1.82, 2.24) is 0 Å². The highest BCUT2D eigenvalue weighted by molar-refractivity contribution is 6.92. The normalized spacial score (nSPS) is 14.5. The highest BCUT2D eigenvalue weighted by Crippen LogP contribution is 2.42. The summed E-state index contributed by atoms with van der Waals surface area (Å²) in [6.45, 7) is 14.6. The minimum atomic E-state index is -1.85. The Balaban J connectivity index is 2.42. The van der Waals surface area contributed by atoms with Gasteiger partial charge in [-0.05, 0) is 17.0 Å². The van der Waals surface area contributed by atoms with Crippen molar-refractivity contribution in [2.75, 3.05) is 7.11 Å². The van der Waals surface area contributed by atoms with Crippen LogP contribution in [0.25, 0.3) is 0 Å². The predicted octanol–water partition coefficient (Wildman–Crippen LogP) is 5.57. The molecule has 0 unspecified atom stereocenters. The molecular weight excluding hydrogens is 388 g/mol. The summed E-state index contributed by atoms with van der Waals surface area (Å²) in [5.41, 5.74) is 0.968. The molecule has 0 bridgehead atoms. The van der Waals surface area contributed by atoms with Crippen LogP contribution in [-0.2, 0) is 9.53 Å². The number of benzene rings is 2. The second-order valence-corrected chi connectivity index (χ2v) is 19.3. The van der Waals surface area contributed by atoms with Crippen LogP contribution in [0.3, 0.4) is 0 Å². The van der Waals surface area contributed by atoms with Crippen molar-refractivity contribution in [2.45, 2.75) is 64.0 Å². The van der Waals surface area contributed by atoms with Gasteiger partial charge in [-0.25, -0.2) is 0 Å². The van der Waals surface area contributed by atoms with E-state index in [0.29, 0.717) is 23.4 Å². The number of methoxy groups -OCH3 is 1. The Bertz CT molecular complexity index is 770. The molecule has 2 nitrogen and oxygen atoms in total. The Morgan fingerprint density at radius 2 is 1.28 bits per heavy atom. The maximum absolute atomic E-state index is 12.4. The van der Waals surface area contributed by atoms with E-state index < -0.39 is 16.1 Å². The van der Waals surface area contributed by atoms with Crippen molar-refractivity contribution in [3.63, 3.8) is 0 Å². The molecule has 0 radical (unpaired) electrons. The first-order valence-corrected chi connectivity index (χ1v) is 16.9. The van der Waals surface area contributed by atoms with Crippen molar-refractivity contribution in [3.8, 4) is 0 Å². The van der Waals surface area contributed by atoms with Crippen LogP contribution >= 0.6 is 0 Å². The molecule has 0 N–H and O–H groups in total. The number of hydrogen-bond donors (Lipinski definition) is 0. The van der Waals surface area contributed by atoms with Crippen LogP contribution in [0.1, 0.15) is 26.7 Å². The van der Waals surface area contributed by atoms with E-state index in [-0.39, 0.29) is 5.97 Å². The zero-order chi connectivity index (χ0) is 21.7. The quantitative estimate of drug-likeness (QED) is 0.387. The number of carbonyl (C=O) groups is 1. The van der Waals surface area contributed by atoms with Crippen LogP contribution in [0.5, 0.6) is 0 Å². The second-order valence-electron chi connectivity index (χ2n) is 9.74. The molecule has 0 heterocycles. The fraction of sp³-hybridized carbons (Fsp3) is 0.480. The molecule has 4 heteroatoms. The number of esters is 1. The standard InChI is InChI=1S/C25H38O2Si2/c1-20(2)24(29(6,7)22-16-12-9-13-17-22)18-23(19-25(26)27-3)28(4,5)21-14-10-8-11-15-21/h8-17,20,23-24H,18-19H2,1-7H3/t23-,24+/m1/s1. The van der Waals surface area contributed by atoms with Crippen LogP contribution in [-0.4, -0.2) is 29.2 Å². The van der Waals surface area contributed by atoms with E-state index in [1.807, 2.05) is 0 Å². The van der Waals surface area contributed by atoms with Gasteiger partial charge < -0.3 is 4.74 Å². The van der Waals surface area contributed by atoms with E-state index in [2.05, 4.69) is 101 Å². The maximum atomic E-state index is 12.4. The number of carbonyl (C=O) groups excluding carboxylic acids is 1. The van der Waals surface area contributed by atoms with Gasteiger partial charge in [0.2, 0.25) is 0 Å². The topological polar surface area (TPSA) is 26.3 Å². The van der Waals surface area contributed by atoms with Crippen LogP contribution in [0.15, 0.2) is 60.7 Å². The van der Waals surface area contributed by atoms with Gasteiger partial charge in [0.05, 0.1) is 23.3 Å². The average molecular weight is 427 g/mol. The number of rotatable bonds is 9. The Hall–Kier alpha value is -1.66. The summed E-state index contributed by atoms with van der Waals surface area (Å²) in [6, 6.07) is 21.9. The Kier molecular flexibility index (Phi) is 8.06. The maximum Gasteiger partial charge on any atom is 0.305 e. The van der Waals surface area contributed by atoms with Crippen LogP contribution < -0.4 is 10.4 Å². The number of hydrogen-bond acceptors (Lipinski definition) is 2. The summed E-state index contributed by atoms with van der Waals surface area (Å²) in [5, 5.41) is 2.94. The molecule has 0 saturated carbocycles. The average Bonchev–Trinajstić information content (AvgIpc) is 2.71. The van der Waals surface area contributed by atoms with Crippen LogP contribution in [0.2, 0.25) is 37.3 Å². The van der Waals surface area contributed by atoms with Crippen LogP contribution in [0.4, 0.5) is 0 Å². The van der Waals surface area contributed by atoms with E-state index in [4.69, 9.17) is 4.74 Å². The lowest BCUT2D eigenvalue weighted by Crippen LogP contribution is -2.51. The molecule has 0 aliphatic heterocycles. The third-order valence-electron chi connectivity index (χ3n) is 6.97. The van der Waals surface area contributed by atoms with Crippen molar-refractivity contribution < 1.29 is 9.53 Å². The zero-order valence-electron chi connectivity index (χ0n) is 19.2. The van der Waals surface area contributed by atoms with E-state index in [1.165, 1.54) is 17.5 Å². The van der Waals surface area contributed by atoms with E-state index in [9.17, 15) is 4.79 Å². The smallest absolute Gasteiger partial charge is 0.305 e. The molecule has 0 aliphatic carbocycles. The van der Waals surface area contributed by atoms with Gasteiger partial charge in [-0.15, -0.1) is 0 Å². The largest absolute Gasteiger partial charge is 0.469 e. The van der Waals surface area contributed by atoms with Gasteiger partial charge in [0, 0.05) is 6.42 Å². The second kappa shape index (κ2) is 9.90. The minimum absolute atomic E-state index is 0.0757. The summed E-state index contributed by atoms with van der Waals surface area (Å²) in [5.74, 6) is 0.505. The van der Waals surface area contributed by atoms with Gasteiger partial charge in [-0.2, -0.15) is 0 Å². The van der Waals surface area contributed by atoms with Gasteiger partial charge in [0.1, 0.15) is 0 Å². The molecule has 0 amide bonds. The van der Waals surface area contributed by atoms with Crippen molar-refractivity contribution >= 4 is 32.5 Å². The zero-order valence-corrected chi connectivity index (χ0v) is 21.2. The predicted molar refractivity (Wildman–Crippen MR) is 131 cm³/mol. The third-order valence-corrected chi connectivity index (χ3v) is 15.8. The van der Waals surface area contributed by atoms with Crippen molar-refractivity contribution in [2.24, 2.45) is 5.92 Å². The van der Waals surface area contributed by atoms with Gasteiger partial charge in [-0.1, -0.05) is 117 Å². The molecule has 0 fully saturated rings. The molecule has 2 atom stereocenters. The van der Waals surface area contributed by atoms with E-state index in [1.54, 1.807) is 0 Å². The molecule has 0 aliphatic rings. The molecular formula is C25H38O2Si2. The summed E-state index contributed by atoms with van der Waals surface area (Å²) in [4.78, 5) is 12.4. The summed E-state index contributed by atoms with van der Waals surface area (Å²) >= 11 is 0. The van der Waals surface area contributed by atoms with Gasteiger partial charge in [0.25, 0.3) is 0 Å². The summed E-state index contributed by atoms with van der Waals surface area (Å²) in [7, 11) is -2.05. The fourth-order valence-corrected chi connectivity index (χ4v) is 12.1. The monoisotopic (exact) mass is 426 g/mol. The molecule has 29 heavy (non-hydrogen) atoms. The lowest BCUT2D eigenvalue weighted by Gasteiger charge is -2.42. The Labute approximate surface area is 179 Å². The van der Waals surface area contributed by atoms with Gasteiger partial charge >= 0.3 is 5.97 Å². The molecule has 2 rings (SSSR count). The SMILES string of the molecule is COC(=O)C[C@@H](C[C@@H](C(C)C)[Si](C)(C)c1ccccc1)[Si](C)(C)c1ccccc1. The lowest BCUT2D eigenvalue weighted by molar-refractivity contribution is -0.140. The molecule has 0 spiro atoms. The third kappa shape index (κ3) is 5.70. The first-order chi connectivity index (χ1) is 13.6. The summed E-state index contributed by atoms with van der Waals surface area (Å²) in [6.07, 6.45) is 1.61. The van der Waals surface area contributed by atoms with Crippen molar-refractivity contribution in [1.29, 1.82) is 0 Å². The van der Waals surface area contributed by atoms with Gasteiger partial charge in [-0.3, -0.25) is 4.79 Å². The first kappa shape index (κ1) is 23.6. The Morgan fingerprint density at radius 3 is 1.69 bits per heavy atom. The van der Waals surface area contributed by atoms with Gasteiger partial charge in [0.15, 0.2) is 0 Å². The highest BCUT2D eigenvalue weighted by atomic mass is 28.3. The molecule has 0 aromatic heterocycles. The fourth-order valence-electron chi connectivity index (χ4n) is 4.81. The van der Waals surface area contributed by atoms with Crippen LogP contribution in [0, 0.1) is 5.92 Å². The molecule has 0 saturated heterocycles. The Morgan fingerprint density at radius 1 is 0.828 bits per heavy atom. The molecule has 2 aromatic rings. The lowest BCUT2D eigenvalue weighted by atomic mass is 10.0. The summed E-state index contributed by atoms with van der Waals surface area (Å²) < 4.78 is 5.12. The molecule has 2 aromatic carbocycles. The van der Waals surface area contributed by atoms with E-state index >= 15 is 0 Å². The minimum Gasteiger partial charge on any atom is -0.469 e. The number of ether oxygens (including phenoxy) is 1. The molecule has 158 valence electrons.